The maximum Gasteiger partial charge on any atom is 0.249 e. The van der Waals surface area contributed by atoms with E-state index in [0.717, 1.165) is 10.4 Å². The quantitative estimate of drug-likeness (QED) is 0.723. The SMILES string of the molecule is O=c1cc(-c2cccs2)cc(Cl)[nH]1. The lowest BCUT2D eigenvalue weighted by molar-refractivity contribution is 1.24. The third kappa shape index (κ3) is 1.82. The number of halogens is 1. The van der Waals surface area contributed by atoms with Crippen molar-refractivity contribution in [3.05, 3.63) is 45.2 Å². The minimum Gasteiger partial charge on any atom is -0.313 e. The highest BCUT2D eigenvalue weighted by Crippen LogP contribution is 2.24. The van der Waals surface area contributed by atoms with Gasteiger partial charge in [-0.1, -0.05) is 17.7 Å². The molecule has 4 heteroatoms. The summed E-state index contributed by atoms with van der Waals surface area (Å²) < 4.78 is 0. The van der Waals surface area contributed by atoms with Gasteiger partial charge in [0.1, 0.15) is 5.15 Å². The molecule has 13 heavy (non-hydrogen) atoms. The van der Waals surface area contributed by atoms with Crippen molar-refractivity contribution in [2.75, 3.05) is 0 Å². The maximum absolute atomic E-state index is 11.1. The Morgan fingerprint density at radius 3 is 2.85 bits per heavy atom. The van der Waals surface area contributed by atoms with Gasteiger partial charge in [0.2, 0.25) is 5.56 Å². The number of aromatic amines is 1. The molecule has 0 aromatic carbocycles. The predicted molar refractivity (Wildman–Crippen MR) is 55.4 cm³/mol. The Hall–Kier alpha value is -1.06. The molecule has 2 nitrogen and oxygen atoms in total. The van der Waals surface area contributed by atoms with Crippen molar-refractivity contribution in [2.45, 2.75) is 0 Å². The second kappa shape index (κ2) is 3.36. The summed E-state index contributed by atoms with van der Waals surface area (Å²) in [5.74, 6) is 0. The Balaban J connectivity index is 2.59. The fourth-order valence-corrected chi connectivity index (χ4v) is 2.02. The molecule has 0 radical (unpaired) electrons. The lowest BCUT2D eigenvalue weighted by atomic mass is 10.2. The summed E-state index contributed by atoms with van der Waals surface area (Å²) in [4.78, 5) is 14.6. The van der Waals surface area contributed by atoms with E-state index in [2.05, 4.69) is 4.98 Å². The highest BCUT2D eigenvalue weighted by molar-refractivity contribution is 7.13. The molecule has 0 unspecified atom stereocenters. The fraction of sp³-hybridized carbons (Fsp3) is 0. The number of hydrogen-bond donors (Lipinski definition) is 1. The molecule has 0 spiro atoms. The van der Waals surface area contributed by atoms with Gasteiger partial charge in [0.05, 0.1) is 0 Å². The second-order valence-corrected chi connectivity index (χ2v) is 3.91. The highest BCUT2D eigenvalue weighted by Gasteiger charge is 2.00. The Morgan fingerprint density at radius 2 is 2.23 bits per heavy atom. The van der Waals surface area contributed by atoms with E-state index in [0.29, 0.717) is 5.15 Å². The monoisotopic (exact) mass is 211 g/mol. The van der Waals surface area contributed by atoms with Crippen LogP contribution in [0.4, 0.5) is 0 Å². The molecule has 0 saturated heterocycles. The number of hydrogen-bond acceptors (Lipinski definition) is 2. The molecule has 0 atom stereocenters. The van der Waals surface area contributed by atoms with Gasteiger partial charge < -0.3 is 4.98 Å². The Labute approximate surface area is 83.8 Å². The van der Waals surface area contributed by atoms with E-state index in [1.54, 1.807) is 17.4 Å². The number of thiophene rings is 1. The van der Waals surface area contributed by atoms with Crippen molar-refractivity contribution in [3.8, 4) is 10.4 Å². The first-order chi connectivity index (χ1) is 6.25. The maximum atomic E-state index is 11.1. The number of nitrogens with one attached hydrogen (secondary N) is 1. The molecule has 66 valence electrons. The Kier molecular flexibility index (Phi) is 2.20. The van der Waals surface area contributed by atoms with Gasteiger partial charge >= 0.3 is 0 Å². The molecule has 1 N–H and O–H groups in total. The molecule has 0 fully saturated rings. The molecule has 0 bridgehead atoms. The van der Waals surface area contributed by atoms with E-state index in [-0.39, 0.29) is 5.56 Å². The zero-order valence-corrected chi connectivity index (χ0v) is 8.15. The summed E-state index contributed by atoms with van der Waals surface area (Å²) >= 11 is 7.30. The van der Waals surface area contributed by atoms with E-state index in [4.69, 9.17) is 11.6 Å². The Morgan fingerprint density at radius 1 is 1.38 bits per heavy atom. The standard InChI is InChI=1S/C9H6ClNOS/c10-8-4-6(5-9(12)11-8)7-2-1-3-13-7/h1-5H,(H,11,12). The topological polar surface area (TPSA) is 32.9 Å². The van der Waals surface area contributed by atoms with Crippen molar-refractivity contribution >= 4 is 22.9 Å². The summed E-state index contributed by atoms with van der Waals surface area (Å²) in [6, 6.07) is 7.18. The van der Waals surface area contributed by atoms with Gasteiger partial charge in [-0.15, -0.1) is 11.3 Å². The van der Waals surface area contributed by atoms with Crippen molar-refractivity contribution in [2.24, 2.45) is 0 Å². The third-order valence-corrected chi connectivity index (χ3v) is 2.74. The van der Waals surface area contributed by atoms with Crippen molar-refractivity contribution < 1.29 is 0 Å². The molecule has 2 aromatic rings. The third-order valence-electron chi connectivity index (χ3n) is 1.62. The van der Waals surface area contributed by atoms with Gasteiger partial charge in [0.25, 0.3) is 0 Å². The van der Waals surface area contributed by atoms with Crippen LogP contribution in [0.25, 0.3) is 10.4 Å². The largest absolute Gasteiger partial charge is 0.313 e. The highest BCUT2D eigenvalue weighted by atomic mass is 35.5. The van der Waals surface area contributed by atoms with Crippen LogP contribution in [0.5, 0.6) is 0 Å². The van der Waals surface area contributed by atoms with E-state index in [1.165, 1.54) is 6.07 Å². The van der Waals surface area contributed by atoms with Gasteiger partial charge in [-0.3, -0.25) is 4.79 Å². The van der Waals surface area contributed by atoms with E-state index in [9.17, 15) is 4.79 Å². The second-order valence-electron chi connectivity index (χ2n) is 2.56. The van der Waals surface area contributed by atoms with Gasteiger partial charge in [0, 0.05) is 16.5 Å². The molecule has 2 rings (SSSR count). The van der Waals surface area contributed by atoms with Gasteiger partial charge in [-0.2, -0.15) is 0 Å². The smallest absolute Gasteiger partial charge is 0.249 e. The van der Waals surface area contributed by atoms with Crippen LogP contribution in [0.2, 0.25) is 5.15 Å². The molecular weight excluding hydrogens is 206 g/mol. The average molecular weight is 212 g/mol. The molecule has 0 aliphatic heterocycles. The zero-order chi connectivity index (χ0) is 9.26. The van der Waals surface area contributed by atoms with Crippen LogP contribution in [0.3, 0.4) is 0 Å². The fourth-order valence-electron chi connectivity index (χ4n) is 1.09. The zero-order valence-electron chi connectivity index (χ0n) is 6.58. The van der Waals surface area contributed by atoms with Crippen molar-refractivity contribution in [1.29, 1.82) is 0 Å². The van der Waals surface area contributed by atoms with E-state index in [1.807, 2.05) is 17.5 Å². The van der Waals surface area contributed by atoms with Gasteiger partial charge in [-0.05, 0) is 17.5 Å². The Bertz CT molecular complexity index is 461. The van der Waals surface area contributed by atoms with Gasteiger partial charge in [-0.25, -0.2) is 0 Å². The number of aromatic nitrogens is 1. The molecule has 0 aliphatic carbocycles. The first kappa shape index (κ1) is 8.53. The lowest BCUT2D eigenvalue weighted by Gasteiger charge is -1.96. The van der Waals surface area contributed by atoms with Crippen molar-refractivity contribution in [1.82, 2.24) is 4.98 Å². The van der Waals surface area contributed by atoms with Crippen LogP contribution >= 0.6 is 22.9 Å². The number of H-pyrrole nitrogens is 1. The van der Waals surface area contributed by atoms with Crippen LogP contribution in [0, 0.1) is 0 Å². The molecule has 2 aromatic heterocycles. The molecule has 0 aliphatic rings. The molecule has 2 heterocycles. The number of pyridine rings is 1. The van der Waals surface area contributed by atoms with Crippen LogP contribution in [-0.4, -0.2) is 4.98 Å². The molecule has 0 amide bonds. The summed E-state index contributed by atoms with van der Waals surface area (Å²) in [7, 11) is 0. The lowest BCUT2D eigenvalue weighted by Crippen LogP contribution is -2.03. The summed E-state index contributed by atoms with van der Waals surface area (Å²) in [6.45, 7) is 0. The van der Waals surface area contributed by atoms with Crippen LogP contribution in [-0.2, 0) is 0 Å². The van der Waals surface area contributed by atoms with Crippen LogP contribution in [0.1, 0.15) is 0 Å². The number of rotatable bonds is 1. The van der Waals surface area contributed by atoms with E-state index >= 15 is 0 Å². The van der Waals surface area contributed by atoms with Gasteiger partial charge in [0.15, 0.2) is 0 Å². The normalized spacial score (nSPS) is 10.2. The van der Waals surface area contributed by atoms with Crippen LogP contribution in [0.15, 0.2) is 34.4 Å². The summed E-state index contributed by atoms with van der Waals surface area (Å²) in [5.41, 5.74) is 0.694. The summed E-state index contributed by atoms with van der Waals surface area (Å²) in [6.07, 6.45) is 0. The van der Waals surface area contributed by atoms with E-state index < -0.39 is 0 Å². The average Bonchev–Trinajstić information content (AvgIpc) is 2.53. The predicted octanol–water partition coefficient (Wildman–Crippen LogP) is 2.76. The minimum absolute atomic E-state index is 0.170. The first-order valence-electron chi connectivity index (χ1n) is 3.69. The van der Waals surface area contributed by atoms with Crippen molar-refractivity contribution in [3.63, 3.8) is 0 Å². The molecular formula is C9H6ClNOS. The van der Waals surface area contributed by atoms with Crippen LogP contribution < -0.4 is 5.56 Å². The molecule has 0 saturated carbocycles. The minimum atomic E-state index is -0.170. The summed E-state index contributed by atoms with van der Waals surface area (Å²) in [5, 5.41) is 2.33. The first-order valence-corrected chi connectivity index (χ1v) is 4.95.